The maximum absolute atomic E-state index is 6.48. The molecule has 1 aliphatic rings. The van der Waals surface area contributed by atoms with E-state index in [1.54, 1.807) is 26.6 Å². The number of rotatable bonds is 6. The number of benzene rings is 1. The van der Waals surface area contributed by atoms with Gasteiger partial charge in [-0.3, -0.25) is 4.99 Å². The van der Waals surface area contributed by atoms with Gasteiger partial charge in [0.25, 0.3) is 0 Å². The lowest BCUT2D eigenvalue weighted by Gasteiger charge is -2.35. The predicted molar refractivity (Wildman–Crippen MR) is 105 cm³/mol. The predicted octanol–water partition coefficient (Wildman–Crippen LogP) is 4.14. The number of ether oxygens (including phenoxy) is 2. The number of anilines is 1. The van der Waals surface area contributed by atoms with Crippen LogP contribution in [0.1, 0.15) is 20.3 Å². The average Bonchev–Trinajstić information content (AvgIpc) is 2.65. The molecule has 0 bridgehead atoms. The van der Waals surface area contributed by atoms with Gasteiger partial charge < -0.3 is 14.4 Å². The second-order valence-electron chi connectivity index (χ2n) is 6.23. The summed E-state index contributed by atoms with van der Waals surface area (Å²) in [6.07, 6.45) is 2.51. The highest BCUT2D eigenvalue weighted by Gasteiger charge is 2.28. The van der Waals surface area contributed by atoms with E-state index in [9.17, 15) is 0 Å². The molecule has 7 heteroatoms. The van der Waals surface area contributed by atoms with Crippen molar-refractivity contribution in [2.75, 3.05) is 32.3 Å². The number of hydrogen-bond donors (Lipinski definition) is 0. The van der Waals surface area contributed by atoms with E-state index < -0.39 is 0 Å². The van der Waals surface area contributed by atoms with Gasteiger partial charge in [-0.1, -0.05) is 18.5 Å². The van der Waals surface area contributed by atoms with E-state index in [-0.39, 0.29) is 6.04 Å². The second-order valence-corrected chi connectivity index (χ2v) is 6.64. The molecule has 0 aliphatic carbocycles. The summed E-state index contributed by atoms with van der Waals surface area (Å²) in [5, 5.41) is 0.569. The third kappa shape index (κ3) is 3.52. The Bertz CT molecular complexity index is 825. The van der Waals surface area contributed by atoms with Crippen LogP contribution in [0.25, 0.3) is 11.3 Å². The molecule has 0 spiro atoms. The zero-order valence-electron chi connectivity index (χ0n) is 15.5. The summed E-state index contributed by atoms with van der Waals surface area (Å²) < 4.78 is 10.6. The first-order chi connectivity index (χ1) is 12.6. The van der Waals surface area contributed by atoms with Gasteiger partial charge in [0.1, 0.15) is 23.5 Å². The topological polar surface area (TPSA) is 59.8 Å². The monoisotopic (exact) mass is 374 g/mol. The van der Waals surface area contributed by atoms with Crippen LogP contribution >= 0.6 is 11.6 Å². The van der Waals surface area contributed by atoms with Gasteiger partial charge in [0.15, 0.2) is 5.82 Å². The summed E-state index contributed by atoms with van der Waals surface area (Å²) in [4.78, 5) is 16.0. The number of halogens is 1. The highest BCUT2D eigenvalue weighted by Crippen LogP contribution is 2.41. The lowest BCUT2D eigenvalue weighted by Crippen LogP contribution is -2.43. The van der Waals surface area contributed by atoms with Gasteiger partial charge in [0.2, 0.25) is 0 Å². The maximum atomic E-state index is 6.48. The summed E-state index contributed by atoms with van der Waals surface area (Å²) in [5.41, 5.74) is 3.29. The number of fused-ring (bicyclic) bond motifs is 1. The van der Waals surface area contributed by atoms with Crippen LogP contribution in [0, 0.1) is 0 Å². The minimum atomic E-state index is 0.221. The van der Waals surface area contributed by atoms with E-state index in [0.29, 0.717) is 17.4 Å². The van der Waals surface area contributed by atoms with Gasteiger partial charge in [0.05, 0.1) is 31.3 Å². The van der Waals surface area contributed by atoms with Gasteiger partial charge in [-0.05, 0) is 31.5 Å². The third-order valence-electron chi connectivity index (χ3n) is 4.48. The standard InChI is InChI=1S/C19H23ClN4O2/c1-5-13(10-25-3)24-9-12(2)23-18-17(21-11-22-19(18)24)15-7-6-14(26-4)8-16(15)20/h6-8,11,13H,5,9-10H2,1-4H3/t13-/m1/s1. The Hall–Kier alpha value is -2.18. The highest BCUT2D eigenvalue weighted by molar-refractivity contribution is 6.33. The van der Waals surface area contributed by atoms with Crippen molar-refractivity contribution < 1.29 is 9.47 Å². The molecule has 0 amide bonds. The van der Waals surface area contributed by atoms with Crippen molar-refractivity contribution in [3.63, 3.8) is 0 Å². The Labute approximate surface area is 158 Å². The van der Waals surface area contributed by atoms with Crippen LogP contribution in [0.4, 0.5) is 11.5 Å². The van der Waals surface area contributed by atoms with E-state index in [2.05, 4.69) is 21.8 Å². The van der Waals surface area contributed by atoms with Crippen LogP contribution < -0.4 is 9.64 Å². The van der Waals surface area contributed by atoms with Gasteiger partial charge in [-0.2, -0.15) is 0 Å². The van der Waals surface area contributed by atoms with Crippen molar-refractivity contribution in [2.24, 2.45) is 4.99 Å². The first-order valence-corrected chi connectivity index (χ1v) is 8.95. The van der Waals surface area contributed by atoms with E-state index in [1.165, 1.54) is 0 Å². The Kier molecular flexibility index (Phi) is 5.74. The van der Waals surface area contributed by atoms with Crippen molar-refractivity contribution in [3.05, 3.63) is 29.5 Å². The number of hydrogen-bond acceptors (Lipinski definition) is 6. The van der Waals surface area contributed by atoms with Crippen molar-refractivity contribution >= 4 is 28.8 Å². The third-order valence-corrected chi connectivity index (χ3v) is 4.79. The largest absolute Gasteiger partial charge is 0.497 e. The fourth-order valence-corrected chi connectivity index (χ4v) is 3.42. The first-order valence-electron chi connectivity index (χ1n) is 8.57. The fourth-order valence-electron chi connectivity index (χ4n) is 3.16. The molecule has 0 saturated carbocycles. The molecule has 0 N–H and O–H groups in total. The molecule has 138 valence electrons. The molecule has 1 aliphatic heterocycles. The lowest BCUT2D eigenvalue weighted by atomic mass is 10.1. The Balaban J connectivity index is 2.12. The Morgan fingerprint density at radius 3 is 2.73 bits per heavy atom. The van der Waals surface area contributed by atoms with E-state index in [4.69, 9.17) is 26.1 Å². The van der Waals surface area contributed by atoms with Gasteiger partial charge in [-0.15, -0.1) is 0 Å². The molecular weight excluding hydrogens is 352 g/mol. The van der Waals surface area contributed by atoms with Crippen LogP contribution in [0.15, 0.2) is 29.5 Å². The van der Waals surface area contributed by atoms with E-state index >= 15 is 0 Å². The zero-order chi connectivity index (χ0) is 18.7. The molecule has 0 radical (unpaired) electrons. The summed E-state index contributed by atoms with van der Waals surface area (Å²) >= 11 is 6.48. The van der Waals surface area contributed by atoms with Crippen LogP contribution in [0.3, 0.4) is 0 Å². The van der Waals surface area contributed by atoms with Crippen molar-refractivity contribution in [1.29, 1.82) is 0 Å². The molecule has 6 nitrogen and oxygen atoms in total. The maximum Gasteiger partial charge on any atom is 0.159 e. The van der Waals surface area contributed by atoms with E-state index in [1.807, 2.05) is 19.1 Å². The molecular formula is C19H23ClN4O2. The molecule has 1 atom stereocenters. The molecule has 0 fully saturated rings. The quantitative estimate of drug-likeness (QED) is 0.760. The molecule has 1 aromatic heterocycles. The summed E-state index contributed by atoms with van der Waals surface area (Å²) in [7, 11) is 3.33. The number of nitrogens with zero attached hydrogens (tertiary/aromatic N) is 4. The average molecular weight is 375 g/mol. The van der Waals surface area contributed by atoms with E-state index in [0.717, 1.165) is 41.4 Å². The van der Waals surface area contributed by atoms with Crippen LogP contribution in [-0.4, -0.2) is 49.1 Å². The zero-order valence-corrected chi connectivity index (χ0v) is 16.2. The minimum Gasteiger partial charge on any atom is -0.497 e. The number of aliphatic imine (C=N–C) groups is 1. The second kappa shape index (κ2) is 8.01. The van der Waals surface area contributed by atoms with Crippen LogP contribution in [-0.2, 0) is 4.74 Å². The normalized spacial score (nSPS) is 14.7. The first kappa shape index (κ1) is 18.6. The Morgan fingerprint density at radius 1 is 1.27 bits per heavy atom. The summed E-state index contributed by atoms with van der Waals surface area (Å²) in [5.74, 6) is 1.52. The van der Waals surface area contributed by atoms with Gasteiger partial charge in [0, 0.05) is 18.4 Å². The van der Waals surface area contributed by atoms with Crippen LogP contribution in [0.2, 0.25) is 5.02 Å². The smallest absolute Gasteiger partial charge is 0.159 e. The summed E-state index contributed by atoms with van der Waals surface area (Å²) in [6.45, 7) is 5.52. The molecule has 2 heterocycles. The Morgan fingerprint density at radius 2 is 2.08 bits per heavy atom. The van der Waals surface area contributed by atoms with Crippen molar-refractivity contribution in [3.8, 4) is 17.0 Å². The minimum absolute atomic E-state index is 0.221. The summed E-state index contributed by atoms with van der Waals surface area (Å²) in [6, 6.07) is 5.77. The molecule has 2 aromatic rings. The SMILES string of the molecule is CC[C@H](COC)N1CC(C)=Nc2c(-c3ccc(OC)cc3Cl)ncnc21. The molecule has 0 unspecified atom stereocenters. The van der Waals surface area contributed by atoms with Crippen molar-refractivity contribution in [1.82, 2.24) is 9.97 Å². The fraction of sp³-hybridized carbons (Fsp3) is 0.421. The van der Waals surface area contributed by atoms with Gasteiger partial charge in [-0.25, -0.2) is 9.97 Å². The van der Waals surface area contributed by atoms with Crippen LogP contribution in [0.5, 0.6) is 5.75 Å². The number of aromatic nitrogens is 2. The van der Waals surface area contributed by atoms with Gasteiger partial charge >= 0.3 is 0 Å². The molecule has 1 aromatic carbocycles. The molecule has 26 heavy (non-hydrogen) atoms. The highest BCUT2D eigenvalue weighted by atomic mass is 35.5. The molecule has 3 rings (SSSR count). The van der Waals surface area contributed by atoms with Crippen molar-refractivity contribution in [2.45, 2.75) is 26.3 Å². The lowest BCUT2D eigenvalue weighted by molar-refractivity contribution is 0.175. The number of methoxy groups -OCH3 is 2. The molecule has 0 saturated heterocycles.